The third kappa shape index (κ3) is 3.18. The van der Waals surface area contributed by atoms with Gasteiger partial charge in [0, 0.05) is 18.9 Å². The van der Waals surface area contributed by atoms with Gasteiger partial charge in [-0.3, -0.25) is 14.6 Å². The van der Waals surface area contributed by atoms with Crippen molar-refractivity contribution in [1.82, 2.24) is 10.5 Å². The lowest BCUT2D eigenvalue weighted by molar-refractivity contribution is 0.0343. The number of hydroxylamine groups is 1. The molecule has 0 radical (unpaired) electrons. The monoisotopic (exact) mass is 181 g/mol. The molecule has 0 aliphatic heterocycles. The van der Waals surface area contributed by atoms with Crippen molar-refractivity contribution < 1.29 is 9.63 Å². The van der Waals surface area contributed by atoms with Crippen LogP contribution in [-0.4, -0.2) is 24.0 Å². The van der Waals surface area contributed by atoms with Gasteiger partial charge in [-0.1, -0.05) is 0 Å². The van der Waals surface area contributed by atoms with Gasteiger partial charge in [0.25, 0.3) is 5.91 Å². The Labute approximate surface area is 75.9 Å². The molecule has 0 fully saturated rings. The molecule has 3 N–H and O–H groups in total. The molecule has 0 aliphatic rings. The molecule has 0 saturated carbocycles. The van der Waals surface area contributed by atoms with E-state index in [4.69, 9.17) is 10.6 Å². The van der Waals surface area contributed by atoms with Gasteiger partial charge < -0.3 is 5.73 Å². The Morgan fingerprint density at radius 1 is 1.69 bits per heavy atom. The minimum Gasteiger partial charge on any atom is -0.328 e. The zero-order valence-electron chi connectivity index (χ0n) is 7.06. The standard InChI is InChI=1S/C8H11N3O2/c9-3-5-13-11-8(12)7-2-1-4-10-6-7/h1-2,4,6H,3,5,9H2,(H,11,12). The molecule has 0 aliphatic carbocycles. The number of carbonyl (C=O) groups excluding carboxylic acids is 1. The number of nitrogens with two attached hydrogens (primary N) is 1. The number of aromatic nitrogens is 1. The molecule has 0 atom stereocenters. The molecule has 1 heterocycles. The van der Waals surface area contributed by atoms with Crippen LogP contribution >= 0.6 is 0 Å². The predicted octanol–water partition coefficient (Wildman–Crippen LogP) is -0.298. The van der Waals surface area contributed by atoms with E-state index in [0.717, 1.165) is 0 Å². The topological polar surface area (TPSA) is 77.2 Å². The van der Waals surface area contributed by atoms with E-state index in [-0.39, 0.29) is 5.91 Å². The largest absolute Gasteiger partial charge is 0.328 e. The van der Waals surface area contributed by atoms with Gasteiger partial charge >= 0.3 is 0 Å². The van der Waals surface area contributed by atoms with Crippen LogP contribution in [0.1, 0.15) is 10.4 Å². The van der Waals surface area contributed by atoms with E-state index in [1.54, 1.807) is 18.3 Å². The Kier molecular flexibility index (Phi) is 3.87. The molecule has 1 rings (SSSR count). The second kappa shape index (κ2) is 5.23. The van der Waals surface area contributed by atoms with Gasteiger partial charge in [-0.15, -0.1) is 0 Å². The maximum Gasteiger partial charge on any atom is 0.276 e. The number of pyridine rings is 1. The maximum absolute atomic E-state index is 11.2. The Bertz CT molecular complexity index is 263. The molecule has 70 valence electrons. The van der Waals surface area contributed by atoms with Crippen LogP contribution in [-0.2, 0) is 4.84 Å². The quantitative estimate of drug-likeness (QED) is 0.494. The number of rotatable bonds is 4. The number of hydrogen-bond acceptors (Lipinski definition) is 4. The Hall–Kier alpha value is -1.46. The summed E-state index contributed by atoms with van der Waals surface area (Å²) in [4.78, 5) is 19.7. The molecule has 0 spiro atoms. The molecule has 0 aromatic carbocycles. The summed E-state index contributed by atoms with van der Waals surface area (Å²) in [7, 11) is 0. The third-order valence-electron chi connectivity index (χ3n) is 1.31. The first-order valence-corrected chi connectivity index (χ1v) is 3.87. The fourth-order valence-corrected chi connectivity index (χ4v) is 0.732. The van der Waals surface area contributed by atoms with E-state index in [2.05, 4.69) is 10.5 Å². The molecule has 1 aromatic heterocycles. The normalized spacial score (nSPS) is 9.62. The van der Waals surface area contributed by atoms with Gasteiger partial charge in [0.05, 0.1) is 12.2 Å². The first-order valence-electron chi connectivity index (χ1n) is 3.87. The minimum atomic E-state index is -0.318. The number of nitrogens with zero attached hydrogens (tertiary/aromatic N) is 1. The SMILES string of the molecule is NCCONC(=O)c1cccnc1. The number of carbonyl (C=O) groups is 1. The molecule has 0 unspecified atom stereocenters. The van der Waals surface area contributed by atoms with E-state index >= 15 is 0 Å². The maximum atomic E-state index is 11.2. The second-order valence-corrected chi connectivity index (χ2v) is 2.31. The predicted molar refractivity (Wildman–Crippen MR) is 46.7 cm³/mol. The molecule has 0 bridgehead atoms. The van der Waals surface area contributed by atoms with Crippen LogP contribution < -0.4 is 11.2 Å². The molecular formula is C8H11N3O2. The van der Waals surface area contributed by atoms with Crippen molar-refractivity contribution >= 4 is 5.91 Å². The fraction of sp³-hybridized carbons (Fsp3) is 0.250. The first-order chi connectivity index (χ1) is 6.34. The van der Waals surface area contributed by atoms with E-state index in [9.17, 15) is 4.79 Å². The number of nitrogens with one attached hydrogen (secondary N) is 1. The summed E-state index contributed by atoms with van der Waals surface area (Å²) in [5, 5.41) is 0. The average molecular weight is 181 g/mol. The van der Waals surface area contributed by atoms with Crippen molar-refractivity contribution in [2.45, 2.75) is 0 Å². The van der Waals surface area contributed by atoms with Crippen molar-refractivity contribution in [2.75, 3.05) is 13.2 Å². The average Bonchev–Trinajstić information content (AvgIpc) is 2.19. The van der Waals surface area contributed by atoms with Crippen molar-refractivity contribution in [1.29, 1.82) is 0 Å². The zero-order chi connectivity index (χ0) is 9.52. The Morgan fingerprint density at radius 2 is 2.54 bits per heavy atom. The van der Waals surface area contributed by atoms with Crippen LogP contribution in [0, 0.1) is 0 Å². The van der Waals surface area contributed by atoms with Crippen LogP contribution in [0.25, 0.3) is 0 Å². The lowest BCUT2D eigenvalue weighted by atomic mass is 10.3. The van der Waals surface area contributed by atoms with Gasteiger partial charge in [0.1, 0.15) is 0 Å². The highest BCUT2D eigenvalue weighted by atomic mass is 16.6. The highest BCUT2D eigenvalue weighted by Gasteiger charge is 2.03. The zero-order valence-corrected chi connectivity index (χ0v) is 7.06. The van der Waals surface area contributed by atoms with E-state index < -0.39 is 0 Å². The molecular weight excluding hydrogens is 170 g/mol. The molecule has 1 amide bonds. The summed E-state index contributed by atoms with van der Waals surface area (Å²) >= 11 is 0. The molecule has 5 heteroatoms. The van der Waals surface area contributed by atoms with Gasteiger partial charge in [-0.25, -0.2) is 5.48 Å². The number of hydrogen-bond donors (Lipinski definition) is 2. The Morgan fingerprint density at radius 3 is 3.15 bits per heavy atom. The van der Waals surface area contributed by atoms with Crippen LogP contribution in [0.4, 0.5) is 0 Å². The Balaban J connectivity index is 2.40. The van der Waals surface area contributed by atoms with Crippen LogP contribution in [0.3, 0.4) is 0 Å². The smallest absolute Gasteiger partial charge is 0.276 e. The van der Waals surface area contributed by atoms with Crippen molar-refractivity contribution in [3.05, 3.63) is 30.1 Å². The van der Waals surface area contributed by atoms with Crippen molar-refractivity contribution in [3.63, 3.8) is 0 Å². The van der Waals surface area contributed by atoms with Crippen LogP contribution in [0.15, 0.2) is 24.5 Å². The van der Waals surface area contributed by atoms with Crippen LogP contribution in [0.2, 0.25) is 0 Å². The highest BCUT2D eigenvalue weighted by Crippen LogP contribution is 1.94. The molecule has 0 saturated heterocycles. The summed E-state index contributed by atoms with van der Waals surface area (Å²) in [5.74, 6) is -0.318. The lowest BCUT2D eigenvalue weighted by Crippen LogP contribution is -2.26. The van der Waals surface area contributed by atoms with Gasteiger partial charge in [-0.05, 0) is 12.1 Å². The van der Waals surface area contributed by atoms with E-state index in [1.165, 1.54) is 6.20 Å². The van der Waals surface area contributed by atoms with E-state index in [0.29, 0.717) is 18.7 Å². The van der Waals surface area contributed by atoms with Crippen LogP contribution in [0.5, 0.6) is 0 Å². The van der Waals surface area contributed by atoms with Crippen molar-refractivity contribution in [3.8, 4) is 0 Å². The fourth-order valence-electron chi connectivity index (χ4n) is 0.732. The van der Waals surface area contributed by atoms with Crippen molar-refractivity contribution in [2.24, 2.45) is 5.73 Å². The summed E-state index contributed by atoms with van der Waals surface area (Å²) in [6.45, 7) is 0.666. The molecule has 1 aromatic rings. The van der Waals surface area contributed by atoms with Gasteiger partial charge in [0.2, 0.25) is 0 Å². The minimum absolute atomic E-state index is 0.298. The second-order valence-electron chi connectivity index (χ2n) is 2.31. The van der Waals surface area contributed by atoms with Gasteiger partial charge in [0.15, 0.2) is 0 Å². The number of amides is 1. The lowest BCUT2D eigenvalue weighted by Gasteiger charge is -2.03. The van der Waals surface area contributed by atoms with Gasteiger partial charge in [-0.2, -0.15) is 0 Å². The first kappa shape index (κ1) is 9.63. The summed E-state index contributed by atoms with van der Waals surface area (Å²) in [6, 6.07) is 3.33. The molecule has 5 nitrogen and oxygen atoms in total. The summed E-state index contributed by atoms with van der Waals surface area (Å²) < 4.78 is 0. The summed E-state index contributed by atoms with van der Waals surface area (Å²) in [5.41, 5.74) is 7.86. The highest BCUT2D eigenvalue weighted by molar-refractivity contribution is 5.92. The summed E-state index contributed by atoms with van der Waals surface area (Å²) in [6.07, 6.45) is 3.05. The van der Waals surface area contributed by atoms with E-state index in [1.807, 2.05) is 0 Å². The molecule has 13 heavy (non-hydrogen) atoms. The third-order valence-corrected chi connectivity index (χ3v) is 1.31.